The van der Waals surface area contributed by atoms with Gasteiger partial charge in [-0.05, 0) is 62.6 Å². The molecule has 2 aromatic carbocycles. The predicted octanol–water partition coefficient (Wildman–Crippen LogP) is 4.10. The van der Waals surface area contributed by atoms with Crippen LogP contribution in [-0.2, 0) is 22.5 Å². The summed E-state index contributed by atoms with van der Waals surface area (Å²) >= 11 is 1.41. The highest BCUT2D eigenvalue weighted by Crippen LogP contribution is 2.20. The van der Waals surface area contributed by atoms with E-state index in [1.54, 1.807) is 12.1 Å². The normalized spacial score (nSPS) is 11.8. The van der Waals surface area contributed by atoms with Gasteiger partial charge in [0.15, 0.2) is 4.80 Å². The molecule has 0 fully saturated rings. The van der Waals surface area contributed by atoms with Crippen molar-refractivity contribution in [2.45, 2.75) is 40.7 Å². The second-order valence-electron chi connectivity index (χ2n) is 6.86. The van der Waals surface area contributed by atoms with Gasteiger partial charge in [0.05, 0.1) is 29.3 Å². The number of benzene rings is 2. The minimum absolute atomic E-state index is 0.169. The first kappa shape index (κ1) is 20.0. The Morgan fingerprint density at radius 2 is 1.79 bits per heavy atom. The highest BCUT2D eigenvalue weighted by molar-refractivity contribution is 7.16. The summed E-state index contributed by atoms with van der Waals surface area (Å²) in [6.45, 7) is 8.82. The van der Waals surface area contributed by atoms with Gasteiger partial charge < -0.3 is 9.30 Å². The molecule has 3 rings (SSSR count). The SMILES string of the molecule is CCn1c(=NC(=O)Cc2c(C)cc(C)cc2C)sc2cc(C(=O)OC)ccc21. The van der Waals surface area contributed by atoms with Crippen LogP contribution in [-0.4, -0.2) is 23.6 Å². The van der Waals surface area contributed by atoms with Crippen LogP contribution in [0.15, 0.2) is 35.3 Å². The minimum Gasteiger partial charge on any atom is -0.465 e. The van der Waals surface area contributed by atoms with E-state index in [4.69, 9.17) is 4.74 Å². The van der Waals surface area contributed by atoms with E-state index in [0.717, 1.165) is 26.9 Å². The lowest BCUT2D eigenvalue weighted by Gasteiger charge is -2.09. The second-order valence-corrected chi connectivity index (χ2v) is 7.87. The van der Waals surface area contributed by atoms with Gasteiger partial charge in [-0.15, -0.1) is 0 Å². The van der Waals surface area contributed by atoms with E-state index >= 15 is 0 Å². The van der Waals surface area contributed by atoms with Gasteiger partial charge >= 0.3 is 5.97 Å². The van der Waals surface area contributed by atoms with Crippen LogP contribution in [0.2, 0.25) is 0 Å². The lowest BCUT2D eigenvalue weighted by Crippen LogP contribution is -2.17. The van der Waals surface area contributed by atoms with E-state index in [0.29, 0.717) is 16.9 Å². The molecule has 0 radical (unpaired) electrons. The van der Waals surface area contributed by atoms with Gasteiger partial charge in [0.1, 0.15) is 0 Å². The van der Waals surface area contributed by atoms with Crippen LogP contribution in [0.3, 0.4) is 0 Å². The average molecular weight is 397 g/mol. The maximum absolute atomic E-state index is 12.7. The number of rotatable bonds is 4. The van der Waals surface area contributed by atoms with Crippen molar-refractivity contribution in [3.8, 4) is 0 Å². The molecule has 0 aliphatic carbocycles. The van der Waals surface area contributed by atoms with Gasteiger partial charge in [-0.1, -0.05) is 29.0 Å². The summed E-state index contributed by atoms with van der Waals surface area (Å²) in [6.07, 6.45) is 0.281. The van der Waals surface area contributed by atoms with Crippen molar-refractivity contribution in [3.63, 3.8) is 0 Å². The molecule has 1 aromatic heterocycles. The molecule has 0 unspecified atom stereocenters. The van der Waals surface area contributed by atoms with Crippen LogP contribution in [0.1, 0.15) is 39.5 Å². The fourth-order valence-electron chi connectivity index (χ4n) is 3.50. The van der Waals surface area contributed by atoms with Gasteiger partial charge in [0.2, 0.25) is 0 Å². The molecule has 0 saturated heterocycles. The number of fused-ring (bicyclic) bond motifs is 1. The third-order valence-electron chi connectivity index (χ3n) is 4.81. The molecule has 146 valence electrons. The molecule has 0 aliphatic rings. The number of methoxy groups -OCH3 is 1. The molecule has 3 aromatic rings. The molecule has 0 spiro atoms. The summed E-state index contributed by atoms with van der Waals surface area (Å²) in [7, 11) is 1.36. The molecule has 0 N–H and O–H groups in total. The van der Waals surface area contributed by atoms with Crippen LogP contribution in [0.5, 0.6) is 0 Å². The first-order valence-electron chi connectivity index (χ1n) is 9.20. The first-order chi connectivity index (χ1) is 13.3. The topological polar surface area (TPSA) is 60.7 Å². The lowest BCUT2D eigenvalue weighted by molar-refractivity contribution is -0.117. The zero-order valence-corrected chi connectivity index (χ0v) is 17.6. The van der Waals surface area contributed by atoms with Crippen molar-refractivity contribution in [2.24, 2.45) is 4.99 Å². The number of aromatic nitrogens is 1. The van der Waals surface area contributed by atoms with E-state index in [1.165, 1.54) is 24.0 Å². The van der Waals surface area contributed by atoms with Crippen LogP contribution >= 0.6 is 11.3 Å². The molecule has 1 amide bonds. The summed E-state index contributed by atoms with van der Waals surface area (Å²) in [5.41, 5.74) is 5.90. The fraction of sp³-hybridized carbons (Fsp3) is 0.318. The number of carbonyl (C=O) groups excluding carboxylic acids is 2. The van der Waals surface area contributed by atoms with Gasteiger partial charge in [-0.2, -0.15) is 4.99 Å². The van der Waals surface area contributed by atoms with Crippen molar-refractivity contribution >= 4 is 33.4 Å². The molecule has 0 saturated carbocycles. The second kappa shape index (κ2) is 8.10. The molecule has 1 heterocycles. The van der Waals surface area contributed by atoms with Gasteiger partial charge in [-0.3, -0.25) is 4.79 Å². The number of hydrogen-bond acceptors (Lipinski definition) is 4. The van der Waals surface area contributed by atoms with Crippen LogP contribution in [0.4, 0.5) is 0 Å². The number of nitrogens with zero attached hydrogens (tertiary/aromatic N) is 2. The first-order valence-corrected chi connectivity index (χ1v) is 10.0. The van der Waals surface area contributed by atoms with Crippen LogP contribution in [0, 0.1) is 20.8 Å². The smallest absolute Gasteiger partial charge is 0.337 e. The van der Waals surface area contributed by atoms with E-state index in [1.807, 2.05) is 31.4 Å². The Labute approximate surface area is 168 Å². The molecule has 0 aliphatic heterocycles. The molecule has 28 heavy (non-hydrogen) atoms. The Kier molecular flexibility index (Phi) is 5.79. The summed E-state index contributed by atoms with van der Waals surface area (Å²) in [5.74, 6) is -0.546. The number of carbonyl (C=O) groups is 2. The van der Waals surface area contributed by atoms with Gasteiger partial charge in [-0.25, -0.2) is 4.79 Å². The summed E-state index contributed by atoms with van der Waals surface area (Å²) in [5, 5.41) is 0. The molecule has 0 bridgehead atoms. The van der Waals surface area contributed by atoms with Crippen molar-refractivity contribution in [1.82, 2.24) is 4.57 Å². The molecule has 5 nitrogen and oxygen atoms in total. The van der Waals surface area contributed by atoms with E-state index in [2.05, 4.69) is 24.0 Å². The largest absolute Gasteiger partial charge is 0.465 e. The van der Waals surface area contributed by atoms with Crippen molar-refractivity contribution in [1.29, 1.82) is 0 Å². The van der Waals surface area contributed by atoms with Crippen LogP contribution in [0.25, 0.3) is 10.2 Å². The summed E-state index contributed by atoms with van der Waals surface area (Å²) in [4.78, 5) is 29.5. The zero-order valence-electron chi connectivity index (χ0n) is 16.8. The van der Waals surface area contributed by atoms with Crippen molar-refractivity contribution < 1.29 is 14.3 Å². The monoisotopic (exact) mass is 396 g/mol. The predicted molar refractivity (Wildman–Crippen MR) is 112 cm³/mol. The summed E-state index contributed by atoms with van der Waals surface area (Å²) < 4.78 is 7.69. The van der Waals surface area contributed by atoms with Gasteiger partial charge in [0.25, 0.3) is 5.91 Å². The highest BCUT2D eigenvalue weighted by atomic mass is 32.1. The lowest BCUT2D eigenvalue weighted by atomic mass is 9.97. The maximum atomic E-state index is 12.7. The molecular formula is C22H24N2O3S. The maximum Gasteiger partial charge on any atom is 0.337 e. The minimum atomic E-state index is -0.377. The van der Waals surface area contributed by atoms with Crippen molar-refractivity contribution in [2.75, 3.05) is 7.11 Å². The molecular weight excluding hydrogens is 372 g/mol. The van der Waals surface area contributed by atoms with E-state index in [9.17, 15) is 9.59 Å². The quantitative estimate of drug-likeness (QED) is 0.624. The van der Waals surface area contributed by atoms with E-state index in [-0.39, 0.29) is 18.3 Å². The number of hydrogen-bond donors (Lipinski definition) is 0. The number of amides is 1. The highest BCUT2D eigenvalue weighted by Gasteiger charge is 2.13. The Morgan fingerprint density at radius 1 is 1.11 bits per heavy atom. The third-order valence-corrected chi connectivity index (χ3v) is 5.85. The number of esters is 1. The van der Waals surface area contributed by atoms with Crippen LogP contribution < -0.4 is 4.80 Å². The Balaban J connectivity index is 2.01. The average Bonchev–Trinajstić information content (AvgIpc) is 2.99. The standard InChI is InChI=1S/C22H24N2O3S/c1-6-24-18-8-7-16(21(26)27-5)11-19(18)28-22(24)23-20(25)12-17-14(3)9-13(2)10-15(17)4/h7-11H,6,12H2,1-5H3. The van der Waals surface area contributed by atoms with Gasteiger partial charge in [0, 0.05) is 6.54 Å². The molecule has 6 heteroatoms. The Hall–Kier alpha value is -2.73. The number of aryl methyl sites for hydroxylation is 4. The summed E-state index contributed by atoms with van der Waals surface area (Å²) in [6, 6.07) is 9.58. The Morgan fingerprint density at radius 3 is 2.39 bits per heavy atom. The molecule has 0 atom stereocenters. The fourth-order valence-corrected chi connectivity index (χ4v) is 4.65. The number of ether oxygens (including phenoxy) is 1. The van der Waals surface area contributed by atoms with E-state index < -0.39 is 0 Å². The zero-order chi connectivity index (χ0) is 20.4. The van der Waals surface area contributed by atoms with Crippen molar-refractivity contribution in [3.05, 3.63) is 63.0 Å². The number of thiazole rings is 1. The third kappa shape index (κ3) is 3.92. The Bertz CT molecular complexity index is 1120.